The lowest BCUT2D eigenvalue weighted by atomic mass is 9.63. The third-order valence-electron chi connectivity index (χ3n) is 4.97. The van der Waals surface area contributed by atoms with Crippen molar-refractivity contribution >= 4 is 17.8 Å². The number of methoxy groups -OCH3 is 1. The van der Waals surface area contributed by atoms with E-state index in [4.69, 9.17) is 4.74 Å². The molecule has 0 aromatic rings. The van der Waals surface area contributed by atoms with Crippen molar-refractivity contribution < 1.29 is 19.1 Å². The van der Waals surface area contributed by atoms with E-state index in [-0.39, 0.29) is 11.8 Å². The second-order valence-electron chi connectivity index (χ2n) is 5.95. The Morgan fingerprint density at radius 1 is 1.50 bits per heavy atom. The lowest BCUT2D eigenvalue weighted by Crippen LogP contribution is -2.84. The second-order valence-corrected chi connectivity index (χ2v) is 5.95. The Hall–Kier alpha value is -1.85. The number of fused-ring (bicyclic) bond motifs is 2. The predicted octanol–water partition coefficient (Wildman–Crippen LogP) is -0.0148. The third-order valence-corrected chi connectivity index (χ3v) is 4.97. The highest BCUT2D eigenvalue weighted by atomic mass is 16.5. The minimum absolute atomic E-state index is 0.238. The van der Waals surface area contributed by atoms with E-state index in [9.17, 15) is 14.4 Å². The first-order chi connectivity index (χ1) is 9.40. The molecular formula is C14H18N2O4. The number of hydrogen-bond acceptors (Lipinski definition) is 4. The van der Waals surface area contributed by atoms with Gasteiger partial charge in [0, 0.05) is 12.5 Å². The standard InChI is InChI=1S/C14H18N2O4/c1-8(2)9-7-13-5-4-6-16(13)11(18)14(9,12(19)20-3)15-10(13)17/h9H,1,4-7H2,2-3H3,(H,15,17)/t9-,13?,14-/m0/s1. The first-order valence-electron chi connectivity index (χ1n) is 6.78. The van der Waals surface area contributed by atoms with Crippen molar-refractivity contribution in [1.29, 1.82) is 0 Å². The summed E-state index contributed by atoms with van der Waals surface area (Å²) in [6.07, 6.45) is 1.87. The highest BCUT2D eigenvalue weighted by Gasteiger charge is 2.72. The number of ether oxygens (including phenoxy) is 1. The molecule has 0 aliphatic carbocycles. The molecule has 0 radical (unpaired) electrons. The molecule has 2 bridgehead atoms. The Kier molecular flexibility index (Phi) is 2.52. The van der Waals surface area contributed by atoms with Crippen LogP contribution in [0.4, 0.5) is 0 Å². The number of hydrogen-bond donors (Lipinski definition) is 1. The number of rotatable bonds is 2. The molecule has 6 heteroatoms. The Labute approximate surface area is 117 Å². The van der Waals surface area contributed by atoms with Gasteiger partial charge < -0.3 is 15.0 Å². The number of nitrogens with zero attached hydrogens (tertiary/aromatic N) is 1. The van der Waals surface area contributed by atoms with Crippen LogP contribution in [0, 0.1) is 5.92 Å². The van der Waals surface area contributed by atoms with Crippen molar-refractivity contribution in [1.82, 2.24) is 10.2 Å². The van der Waals surface area contributed by atoms with Crippen LogP contribution in [0.1, 0.15) is 26.2 Å². The van der Waals surface area contributed by atoms with Crippen LogP contribution in [-0.4, -0.2) is 47.4 Å². The number of amides is 2. The van der Waals surface area contributed by atoms with Gasteiger partial charge in [0.15, 0.2) is 0 Å². The average molecular weight is 278 g/mol. The molecule has 4 fully saturated rings. The van der Waals surface area contributed by atoms with Crippen molar-refractivity contribution in [2.75, 3.05) is 13.7 Å². The molecule has 0 saturated carbocycles. The largest absolute Gasteiger partial charge is 0.467 e. The summed E-state index contributed by atoms with van der Waals surface area (Å²) in [5, 5.41) is 2.66. The van der Waals surface area contributed by atoms with Crippen molar-refractivity contribution in [3.8, 4) is 0 Å². The van der Waals surface area contributed by atoms with Gasteiger partial charge in [-0.25, -0.2) is 4.79 Å². The van der Waals surface area contributed by atoms with Crippen LogP contribution in [-0.2, 0) is 19.1 Å². The lowest BCUT2D eigenvalue weighted by molar-refractivity contribution is -0.183. The van der Waals surface area contributed by atoms with Crippen LogP contribution in [0.25, 0.3) is 0 Å². The van der Waals surface area contributed by atoms with E-state index in [1.165, 1.54) is 7.11 Å². The van der Waals surface area contributed by atoms with Crippen molar-refractivity contribution in [2.45, 2.75) is 37.3 Å². The molecule has 3 atom stereocenters. The summed E-state index contributed by atoms with van der Waals surface area (Å²) in [6.45, 7) is 6.20. The van der Waals surface area contributed by atoms with Gasteiger partial charge in [0.05, 0.1) is 7.11 Å². The second kappa shape index (κ2) is 3.84. The normalized spacial score (nSPS) is 38.5. The molecule has 1 N–H and O–H groups in total. The molecule has 4 heterocycles. The molecular weight excluding hydrogens is 260 g/mol. The molecule has 108 valence electrons. The number of nitrogens with one attached hydrogen (secondary N) is 1. The summed E-state index contributed by atoms with van der Waals surface area (Å²) in [4.78, 5) is 39.1. The Bertz CT molecular complexity index is 543. The quantitative estimate of drug-likeness (QED) is 0.438. The zero-order chi connectivity index (χ0) is 14.7. The van der Waals surface area contributed by atoms with E-state index in [2.05, 4.69) is 11.9 Å². The minimum atomic E-state index is -1.62. The summed E-state index contributed by atoms with van der Waals surface area (Å²) >= 11 is 0. The van der Waals surface area contributed by atoms with Crippen molar-refractivity contribution in [3.63, 3.8) is 0 Å². The summed E-state index contributed by atoms with van der Waals surface area (Å²) in [6, 6.07) is 0. The van der Waals surface area contributed by atoms with Crippen molar-refractivity contribution in [2.24, 2.45) is 5.92 Å². The van der Waals surface area contributed by atoms with Crippen LogP contribution < -0.4 is 5.32 Å². The maximum absolute atomic E-state index is 12.8. The van der Waals surface area contributed by atoms with E-state index in [0.717, 1.165) is 12.0 Å². The first-order valence-corrected chi connectivity index (χ1v) is 6.78. The van der Waals surface area contributed by atoms with E-state index in [1.54, 1.807) is 11.8 Å². The molecule has 4 saturated heterocycles. The van der Waals surface area contributed by atoms with Gasteiger partial charge in [0.25, 0.3) is 5.91 Å². The molecule has 20 heavy (non-hydrogen) atoms. The molecule has 6 nitrogen and oxygen atoms in total. The summed E-state index contributed by atoms with van der Waals surface area (Å²) < 4.78 is 4.81. The first kappa shape index (κ1) is 13.1. The maximum Gasteiger partial charge on any atom is 0.342 e. The average Bonchev–Trinajstić information content (AvgIpc) is 2.85. The Morgan fingerprint density at radius 3 is 2.80 bits per heavy atom. The van der Waals surface area contributed by atoms with Gasteiger partial charge in [-0.05, 0) is 26.2 Å². The number of piperazine rings is 1. The maximum atomic E-state index is 12.8. The molecule has 1 spiro atoms. The molecule has 4 aliphatic rings. The highest BCUT2D eigenvalue weighted by molar-refractivity contribution is 6.17. The Balaban J connectivity index is 2.19. The van der Waals surface area contributed by atoms with E-state index < -0.39 is 23.0 Å². The summed E-state index contributed by atoms with van der Waals surface area (Å²) in [7, 11) is 1.23. The van der Waals surface area contributed by atoms with Crippen LogP contribution in [0.3, 0.4) is 0 Å². The lowest BCUT2D eigenvalue weighted by Gasteiger charge is -2.57. The number of piperidine rings is 2. The van der Waals surface area contributed by atoms with E-state index in [1.807, 2.05) is 0 Å². The zero-order valence-electron chi connectivity index (χ0n) is 11.7. The molecule has 0 aromatic carbocycles. The minimum Gasteiger partial charge on any atom is -0.467 e. The van der Waals surface area contributed by atoms with Gasteiger partial charge in [0.2, 0.25) is 11.4 Å². The van der Waals surface area contributed by atoms with Crippen molar-refractivity contribution in [3.05, 3.63) is 12.2 Å². The Morgan fingerprint density at radius 2 is 2.20 bits per heavy atom. The summed E-state index contributed by atoms with van der Waals surface area (Å²) in [5.74, 6) is -1.70. The van der Waals surface area contributed by atoms with Gasteiger partial charge >= 0.3 is 5.97 Å². The number of esters is 1. The zero-order valence-corrected chi connectivity index (χ0v) is 11.7. The van der Waals surface area contributed by atoms with Crippen LogP contribution >= 0.6 is 0 Å². The fourth-order valence-electron chi connectivity index (χ4n) is 3.99. The van der Waals surface area contributed by atoms with Gasteiger partial charge in [-0.3, -0.25) is 9.59 Å². The fraction of sp³-hybridized carbons (Fsp3) is 0.643. The highest BCUT2D eigenvalue weighted by Crippen LogP contribution is 2.51. The predicted molar refractivity (Wildman–Crippen MR) is 69.5 cm³/mol. The molecule has 1 unspecified atom stereocenters. The van der Waals surface area contributed by atoms with Gasteiger partial charge in [-0.2, -0.15) is 0 Å². The van der Waals surface area contributed by atoms with Gasteiger partial charge in [-0.15, -0.1) is 0 Å². The number of carbonyl (C=O) groups excluding carboxylic acids is 3. The molecule has 4 aliphatic heterocycles. The third kappa shape index (κ3) is 1.22. The topological polar surface area (TPSA) is 75.7 Å². The van der Waals surface area contributed by atoms with Gasteiger partial charge in [0.1, 0.15) is 5.54 Å². The van der Waals surface area contributed by atoms with Crippen LogP contribution in [0.5, 0.6) is 0 Å². The van der Waals surface area contributed by atoms with Crippen LogP contribution in [0.2, 0.25) is 0 Å². The molecule has 2 amide bonds. The smallest absolute Gasteiger partial charge is 0.342 e. The van der Waals surface area contributed by atoms with Crippen LogP contribution in [0.15, 0.2) is 12.2 Å². The monoisotopic (exact) mass is 278 g/mol. The fourth-order valence-corrected chi connectivity index (χ4v) is 3.99. The van der Waals surface area contributed by atoms with E-state index in [0.29, 0.717) is 19.4 Å². The summed E-state index contributed by atoms with van der Waals surface area (Å²) in [5.41, 5.74) is -1.70. The molecule has 4 rings (SSSR count). The number of carbonyl (C=O) groups is 3. The van der Waals surface area contributed by atoms with Gasteiger partial charge in [-0.1, -0.05) is 12.2 Å². The molecule has 0 aromatic heterocycles. The SMILES string of the molecule is C=C(C)[C@@H]1CC23CCCN2C(=O)[C@@]1(C(=O)OC)NC3=O. The van der Waals surface area contributed by atoms with E-state index >= 15 is 0 Å².